The summed E-state index contributed by atoms with van der Waals surface area (Å²) in [5, 5.41) is 12.4. The monoisotopic (exact) mass is 355 g/mol. The van der Waals surface area contributed by atoms with Crippen molar-refractivity contribution in [2.75, 3.05) is 13.1 Å². The lowest BCUT2D eigenvalue weighted by Crippen LogP contribution is -2.31. The van der Waals surface area contributed by atoms with Crippen LogP contribution in [0.2, 0.25) is 0 Å². The molecule has 0 bridgehead atoms. The van der Waals surface area contributed by atoms with Crippen molar-refractivity contribution in [3.8, 4) is 6.07 Å². The van der Waals surface area contributed by atoms with Crippen molar-refractivity contribution in [1.29, 1.82) is 5.26 Å². The zero-order valence-corrected chi connectivity index (χ0v) is 17.0. The van der Waals surface area contributed by atoms with Gasteiger partial charge in [0.2, 0.25) is 0 Å². The van der Waals surface area contributed by atoms with Crippen LogP contribution in [0.25, 0.3) is 0 Å². The summed E-state index contributed by atoms with van der Waals surface area (Å²) in [6.07, 6.45) is 2.70. The number of aryl methyl sites for hydroxylation is 1. The first-order chi connectivity index (χ1) is 12.3. The van der Waals surface area contributed by atoms with Gasteiger partial charge in [-0.3, -0.25) is 4.79 Å². The molecule has 0 radical (unpaired) electrons. The van der Waals surface area contributed by atoms with Gasteiger partial charge in [-0.15, -0.1) is 0 Å². The van der Waals surface area contributed by atoms with Gasteiger partial charge in [0.25, 0.3) is 5.91 Å². The number of hydrogen-bond donors (Lipinski definition) is 1. The van der Waals surface area contributed by atoms with Gasteiger partial charge in [-0.25, -0.2) is 0 Å². The van der Waals surface area contributed by atoms with Gasteiger partial charge in [0.05, 0.1) is 6.04 Å². The van der Waals surface area contributed by atoms with E-state index in [2.05, 4.69) is 63.0 Å². The minimum atomic E-state index is -0.322. The molecule has 0 heterocycles. The second kappa shape index (κ2) is 10.7. The van der Waals surface area contributed by atoms with Gasteiger partial charge in [-0.1, -0.05) is 58.9 Å². The quantitative estimate of drug-likeness (QED) is 0.526. The summed E-state index contributed by atoms with van der Waals surface area (Å²) in [6.45, 7) is 14.2. The van der Waals surface area contributed by atoms with E-state index in [-0.39, 0.29) is 17.5 Å². The Morgan fingerprint density at radius 1 is 1.12 bits per heavy atom. The van der Waals surface area contributed by atoms with Gasteiger partial charge in [-0.2, -0.15) is 5.26 Å². The number of carbonyl (C=O) groups excluding carboxylic acids is 1. The van der Waals surface area contributed by atoms with Crippen molar-refractivity contribution in [3.63, 3.8) is 0 Å². The molecular weight excluding hydrogens is 322 g/mol. The molecule has 1 unspecified atom stereocenters. The molecule has 0 aliphatic heterocycles. The Hall–Kier alpha value is -2.28. The first-order valence-electron chi connectivity index (χ1n) is 9.52. The lowest BCUT2D eigenvalue weighted by Gasteiger charge is -2.25. The molecule has 26 heavy (non-hydrogen) atoms. The average Bonchev–Trinajstić information content (AvgIpc) is 2.58. The van der Waals surface area contributed by atoms with E-state index in [4.69, 9.17) is 0 Å². The standard InChI is InChI=1S/C22H33N3O/c1-7-19-8-10-20(11-9-19)18(6)24-22(26)21(12-23)15-25(13-16(2)3)14-17(4)5/h8-11,15-18H,7,13-14H2,1-6H3,(H,24,26)/b21-15-. The van der Waals surface area contributed by atoms with Crippen molar-refractivity contribution in [3.05, 3.63) is 47.2 Å². The summed E-state index contributed by atoms with van der Waals surface area (Å²) in [5.41, 5.74) is 2.46. The van der Waals surface area contributed by atoms with Gasteiger partial charge in [0.15, 0.2) is 0 Å². The van der Waals surface area contributed by atoms with Crippen molar-refractivity contribution in [2.24, 2.45) is 11.8 Å². The highest BCUT2D eigenvalue weighted by Crippen LogP contribution is 2.15. The maximum Gasteiger partial charge on any atom is 0.263 e. The number of nitriles is 1. The zero-order valence-electron chi connectivity index (χ0n) is 17.0. The van der Waals surface area contributed by atoms with E-state index in [1.165, 1.54) is 5.56 Å². The molecule has 0 aromatic heterocycles. The fourth-order valence-electron chi connectivity index (χ4n) is 2.84. The largest absolute Gasteiger partial charge is 0.376 e. The van der Waals surface area contributed by atoms with Crippen molar-refractivity contribution in [2.45, 2.75) is 54.0 Å². The molecule has 0 aliphatic carbocycles. The lowest BCUT2D eigenvalue weighted by molar-refractivity contribution is -0.117. The van der Waals surface area contributed by atoms with Gasteiger partial charge in [-0.05, 0) is 36.3 Å². The van der Waals surface area contributed by atoms with Crippen LogP contribution in [-0.2, 0) is 11.2 Å². The summed E-state index contributed by atoms with van der Waals surface area (Å²) in [4.78, 5) is 14.6. The summed E-state index contributed by atoms with van der Waals surface area (Å²) >= 11 is 0. The first-order valence-corrected chi connectivity index (χ1v) is 9.52. The van der Waals surface area contributed by atoms with E-state index >= 15 is 0 Å². The van der Waals surface area contributed by atoms with Crippen molar-refractivity contribution in [1.82, 2.24) is 10.2 Å². The third-order valence-corrected chi connectivity index (χ3v) is 4.11. The Kier molecular flexibility index (Phi) is 8.92. The van der Waals surface area contributed by atoms with E-state index in [1.54, 1.807) is 6.20 Å². The molecule has 0 aliphatic rings. The average molecular weight is 356 g/mol. The maximum atomic E-state index is 12.6. The lowest BCUT2D eigenvalue weighted by atomic mass is 10.0. The predicted octanol–water partition coefficient (Wildman–Crippen LogP) is 4.45. The third kappa shape index (κ3) is 7.31. The molecule has 0 saturated carbocycles. The van der Waals surface area contributed by atoms with E-state index in [9.17, 15) is 10.1 Å². The van der Waals surface area contributed by atoms with Crippen LogP contribution < -0.4 is 5.32 Å². The van der Waals surface area contributed by atoms with Gasteiger partial charge in [0.1, 0.15) is 11.6 Å². The number of carbonyl (C=O) groups is 1. The summed E-state index contributed by atoms with van der Waals surface area (Å²) in [5.74, 6) is 0.602. The molecule has 142 valence electrons. The molecule has 1 N–H and O–H groups in total. The molecule has 1 rings (SSSR count). The highest BCUT2D eigenvalue weighted by Gasteiger charge is 2.16. The molecule has 0 spiro atoms. The second-order valence-electron chi connectivity index (χ2n) is 7.69. The van der Waals surface area contributed by atoms with Crippen LogP contribution in [0.3, 0.4) is 0 Å². The van der Waals surface area contributed by atoms with Crippen LogP contribution in [0, 0.1) is 23.2 Å². The van der Waals surface area contributed by atoms with Crippen LogP contribution in [0.5, 0.6) is 0 Å². The normalized spacial score (nSPS) is 12.8. The summed E-state index contributed by atoms with van der Waals surface area (Å²) in [7, 11) is 0. The third-order valence-electron chi connectivity index (χ3n) is 4.11. The topological polar surface area (TPSA) is 56.1 Å². The molecule has 1 atom stereocenters. The van der Waals surface area contributed by atoms with Gasteiger partial charge < -0.3 is 10.2 Å². The second-order valence-corrected chi connectivity index (χ2v) is 7.69. The van der Waals surface area contributed by atoms with Crippen LogP contribution in [-0.4, -0.2) is 23.9 Å². The van der Waals surface area contributed by atoms with E-state index in [0.29, 0.717) is 11.8 Å². The summed E-state index contributed by atoms with van der Waals surface area (Å²) < 4.78 is 0. The predicted molar refractivity (Wildman–Crippen MR) is 107 cm³/mol. The number of amides is 1. The molecule has 0 saturated heterocycles. The van der Waals surface area contributed by atoms with Crippen molar-refractivity contribution < 1.29 is 4.79 Å². The number of nitrogens with one attached hydrogen (secondary N) is 1. The van der Waals surface area contributed by atoms with Crippen molar-refractivity contribution >= 4 is 5.91 Å². The molecule has 4 nitrogen and oxygen atoms in total. The number of nitrogens with zero attached hydrogens (tertiary/aromatic N) is 2. The SMILES string of the molecule is CCc1ccc(C(C)NC(=O)/C(C#N)=C\N(CC(C)C)CC(C)C)cc1. The highest BCUT2D eigenvalue weighted by atomic mass is 16.1. The molecule has 1 aromatic rings. The van der Waals surface area contributed by atoms with Crippen LogP contribution in [0.4, 0.5) is 0 Å². The van der Waals surface area contributed by atoms with Crippen LogP contribution in [0.1, 0.15) is 58.7 Å². The van der Waals surface area contributed by atoms with E-state index < -0.39 is 0 Å². The Bertz CT molecular complexity index is 628. The Balaban J connectivity index is 2.86. The number of benzene rings is 1. The summed E-state index contributed by atoms with van der Waals surface area (Å²) in [6, 6.07) is 10.1. The van der Waals surface area contributed by atoms with E-state index in [1.807, 2.05) is 19.1 Å². The maximum absolute atomic E-state index is 12.6. The number of rotatable bonds is 9. The molecule has 1 aromatic carbocycles. The minimum absolute atomic E-state index is 0.145. The molecule has 4 heteroatoms. The van der Waals surface area contributed by atoms with E-state index in [0.717, 1.165) is 25.1 Å². The first kappa shape index (κ1) is 21.8. The minimum Gasteiger partial charge on any atom is -0.376 e. The fourth-order valence-corrected chi connectivity index (χ4v) is 2.84. The molecule has 1 amide bonds. The highest BCUT2D eigenvalue weighted by molar-refractivity contribution is 5.97. The Labute approximate surface area is 158 Å². The molecule has 0 fully saturated rings. The smallest absolute Gasteiger partial charge is 0.263 e. The van der Waals surface area contributed by atoms with Gasteiger partial charge >= 0.3 is 0 Å². The van der Waals surface area contributed by atoms with Crippen LogP contribution in [0.15, 0.2) is 36.0 Å². The van der Waals surface area contributed by atoms with Gasteiger partial charge in [0, 0.05) is 19.3 Å². The number of hydrogen-bond acceptors (Lipinski definition) is 3. The Morgan fingerprint density at radius 3 is 2.08 bits per heavy atom. The molecular formula is C22H33N3O. The fraction of sp³-hybridized carbons (Fsp3) is 0.545. The Morgan fingerprint density at radius 2 is 1.65 bits per heavy atom. The van der Waals surface area contributed by atoms with Crippen LogP contribution >= 0.6 is 0 Å². The zero-order chi connectivity index (χ0) is 19.7.